The number of imidazole rings is 1. The molecule has 15 nitrogen and oxygen atoms in total. The number of aromatic amines is 1. The van der Waals surface area contributed by atoms with Crippen LogP contribution in [0.4, 0.5) is 0 Å². The zero-order valence-corrected chi connectivity index (χ0v) is 30.9. The van der Waals surface area contributed by atoms with Gasteiger partial charge in [0, 0.05) is 84.8 Å². The van der Waals surface area contributed by atoms with Gasteiger partial charge >= 0.3 is 0 Å². The van der Waals surface area contributed by atoms with E-state index in [9.17, 15) is 28.8 Å². The van der Waals surface area contributed by atoms with Crippen LogP contribution in [0.15, 0.2) is 79.3 Å². The Balaban J connectivity index is 1.37. The summed E-state index contributed by atoms with van der Waals surface area (Å²) in [6, 6.07) is 19.2. The minimum absolute atomic E-state index is 0.0918. The number of H-pyrrole nitrogens is 1. The molecule has 0 unspecified atom stereocenters. The third-order valence-corrected chi connectivity index (χ3v) is 8.56. The molecule has 286 valence electrons. The summed E-state index contributed by atoms with van der Waals surface area (Å²) in [5, 5.41) is 18.8. The Labute approximate surface area is 314 Å². The summed E-state index contributed by atoms with van der Waals surface area (Å²) < 4.78 is 0. The second kappa shape index (κ2) is 20.8. The number of rotatable bonds is 20. The van der Waals surface area contributed by atoms with Gasteiger partial charge < -0.3 is 36.9 Å². The molecule has 0 aliphatic carbocycles. The van der Waals surface area contributed by atoms with Crippen LogP contribution in [0, 0.1) is 0 Å². The predicted molar refractivity (Wildman–Crippen MR) is 203 cm³/mol. The van der Waals surface area contributed by atoms with E-state index in [-0.39, 0.29) is 56.1 Å². The summed E-state index contributed by atoms with van der Waals surface area (Å²) >= 11 is 0. The van der Waals surface area contributed by atoms with E-state index in [1.54, 1.807) is 6.20 Å². The molecule has 2 atom stereocenters. The highest BCUT2D eigenvalue weighted by Crippen LogP contribution is 2.20. The summed E-state index contributed by atoms with van der Waals surface area (Å²) in [4.78, 5) is 83.4. The van der Waals surface area contributed by atoms with Crippen molar-refractivity contribution in [1.29, 1.82) is 0 Å². The largest absolute Gasteiger partial charge is 0.355 e. The lowest BCUT2D eigenvalue weighted by Crippen LogP contribution is -2.54. The molecule has 15 heteroatoms. The first-order valence-electron chi connectivity index (χ1n) is 17.8. The van der Waals surface area contributed by atoms with Crippen LogP contribution in [-0.4, -0.2) is 95.1 Å². The Morgan fingerprint density at radius 2 is 1.28 bits per heavy atom. The van der Waals surface area contributed by atoms with Gasteiger partial charge in [0.15, 0.2) is 0 Å². The maximum absolute atomic E-state index is 13.8. The number of fused-ring (bicyclic) bond motifs is 1. The van der Waals surface area contributed by atoms with Gasteiger partial charge in [-0.15, -0.1) is 0 Å². The molecule has 4 aromatic rings. The second-order valence-electron chi connectivity index (χ2n) is 13.0. The van der Waals surface area contributed by atoms with Crippen molar-refractivity contribution >= 4 is 46.2 Å². The third kappa shape index (κ3) is 13.8. The fourth-order valence-electron chi connectivity index (χ4n) is 5.84. The molecule has 0 saturated heterocycles. The quantitative estimate of drug-likeness (QED) is 0.0690. The molecule has 7 N–H and O–H groups in total. The number of nitrogens with one attached hydrogen (secondary N) is 7. The van der Waals surface area contributed by atoms with E-state index in [0.29, 0.717) is 31.9 Å². The minimum Gasteiger partial charge on any atom is -0.355 e. The number of aromatic nitrogens is 2. The lowest BCUT2D eigenvalue weighted by molar-refractivity contribution is -0.131. The summed E-state index contributed by atoms with van der Waals surface area (Å²) in [5.41, 5.74) is 3.20. The molecule has 1 aromatic heterocycles. The van der Waals surface area contributed by atoms with Gasteiger partial charge in [0.2, 0.25) is 35.4 Å². The van der Waals surface area contributed by atoms with Crippen LogP contribution in [-0.2, 0) is 54.7 Å². The topological polar surface area (TPSA) is 207 Å². The average Bonchev–Trinajstić information content (AvgIpc) is 3.65. The second-order valence-corrected chi connectivity index (χ2v) is 13.0. The van der Waals surface area contributed by atoms with E-state index in [4.69, 9.17) is 0 Å². The van der Waals surface area contributed by atoms with Crippen molar-refractivity contribution in [3.05, 3.63) is 102 Å². The fraction of sp³-hybridized carbons (Fsp3) is 0.359. The van der Waals surface area contributed by atoms with Gasteiger partial charge in [0.05, 0.1) is 12.9 Å². The van der Waals surface area contributed by atoms with Crippen molar-refractivity contribution in [3.63, 3.8) is 0 Å². The molecule has 1 heterocycles. The minimum atomic E-state index is -0.952. The molecule has 0 fully saturated rings. The molecule has 0 aliphatic rings. The number of carbonyl (C=O) groups is 6. The standard InChI is InChI=1S/C39H49N9O6/c1-26(49)41-15-17-48(18-16-42-27(2)50)24-37(52)43-21-29-11-13-30(14-12-29)22-44-38(53)35(19-32-9-6-8-31-7-4-5-10-34(31)32)47-39(54)36(46-28(3)51)20-33-23-40-25-45-33/h4-14,23,25,35-36H,15-22,24H2,1-3H3,(H,40,45)(H,41,49)(H,42,50)(H,43,52)(H,44,53)(H,46,51)(H,47,54)/t35-,36-/m0/s1. The number of hydrogen-bond donors (Lipinski definition) is 7. The van der Waals surface area contributed by atoms with Crippen LogP contribution in [0.1, 0.15) is 43.2 Å². The van der Waals surface area contributed by atoms with Gasteiger partial charge in [-0.05, 0) is 27.5 Å². The Hall–Kier alpha value is -6.09. The van der Waals surface area contributed by atoms with Gasteiger partial charge in [0.25, 0.3) is 0 Å². The zero-order valence-electron chi connectivity index (χ0n) is 30.9. The molecule has 0 spiro atoms. The van der Waals surface area contributed by atoms with Crippen molar-refractivity contribution in [2.24, 2.45) is 0 Å². The van der Waals surface area contributed by atoms with Crippen LogP contribution < -0.4 is 31.9 Å². The lowest BCUT2D eigenvalue weighted by Gasteiger charge is -2.23. The summed E-state index contributed by atoms with van der Waals surface area (Å²) in [5.74, 6) is -1.81. The number of hydrogen-bond acceptors (Lipinski definition) is 8. The number of nitrogens with zero attached hydrogens (tertiary/aromatic N) is 2. The Morgan fingerprint density at radius 3 is 1.89 bits per heavy atom. The molecule has 4 rings (SSSR count). The van der Waals surface area contributed by atoms with Gasteiger partial charge in [-0.3, -0.25) is 33.7 Å². The number of carbonyl (C=O) groups excluding carboxylic acids is 6. The Morgan fingerprint density at radius 1 is 0.667 bits per heavy atom. The van der Waals surface area contributed by atoms with E-state index in [1.165, 1.54) is 27.1 Å². The van der Waals surface area contributed by atoms with Crippen molar-refractivity contribution in [1.82, 2.24) is 46.8 Å². The summed E-state index contributed by atoms with van der Waals surface area (Å²) in [6.45, 7) is 6.38. The van der Waals surface area contributed by atoms with Crippen LogP contribution in [0.25, 0.3) is 10.8 Å². The van der Waals surface area contributed by atoms with Crippen molar-refractivity contribution < 1.29 is 28.8 Å². The molecule has 0 radical (unpaired) electrons. The van der Waals surface area contributed by atoms with E-state index in [2.05, 4.69) is 41.9 Å². The monoisotopic (exact) mass is 739 g/mol. The summed E-state index contributed by atoms with van der Waals surface area (Å²) in [7, 11) is 0. The average molecular weight is 740 g/mol. The fourth-order valence-corrected chi connectivity index (χ4v) is 5.84. The Bertz CT molecular complexity index is 1860. The molecular weight excluding hydrogens is 690 g/mol. The van der Waals surface area contributed by atoms with Crippen molar-refractivity contribution in [3.8, 4) is 0 Å². The maximum Gasteiger partial charge on any atom is 0.243 e. The molecule has 6 amide bonds. The highest BCUT2D eigenvalue weighted by Gasteiger charge is 2.27. The molecular formula is C39H49N9O6. The smallest absolute Gasteiger partial charge is 0.243 e. The van der Waals surface area contributed by atoms with Crippen molar-refractivity contribution in [2.75, 3.05) is 32.7 Å². The highest BCUT2D eigenvalue weighted by atomic mass is 16.2. The van der Waals surface area contributed by atoms with Gasteiger partial charge in [-0.2, -0.15) is 0 Å². The lowest BCUT2D eigenvalue weighted by atomic mass is 9.98. The van der Waals surface area contributed by atoms with Gasteiger partial charge in [0.1, 0.15) is 12.1 Å². The molecule has 54 heavy (non-hydrogen) atoms. The number of amides is 6. The van der Waals surface area contributed by atoms with Crippen LogP contribution in [0.5, 0.6) is 0 Å². The molecule has 0 bridgehead atoms. The SMILES string of the molecule is CC(=O)NCCN(CCNC(C)=O)CC(=O)NCc1ccc(CNC(=O)[C@H](Cc2cccc3ccccc23)NC(=O)[C@H](Cc2cnc[nH]2)NC(C)=O)cc1. The molecule has 0 aliphatic heterocycles. The molecule has 3 aromatic carbocycles. The Kier molecular flexibility index (Phi) is 15.7. The first-order valence-corrected chi connectivity index (χ1v) is 17.8. The maximum atomic E-state index is 13.8. The van der Waals surface area contributed by atoms with E-state index in [1.807, 2.05) is 71.6 Å². The highest BCUT2D eigenvalue weighted by molar-refractivity contribution is 5.93. The third-order valence-electron chi connectivity index (χ3n) is 8.56. The predicted octanol–water partition coefficient (Wildman–Crippen LogP) is 0.844. The van der Waals surface area contributed by atoms with E-state index in [0.717, 1.165) is 27.5 Å². The van der Waals surface area contributed by atoms with Crippen molar-refractivity contribution in [2.45, 2.75) is 58.8 Å². The van der Waals surface area contributed by atoms with Crippen LogP contribution >= 0.6 is 0 Å². The first kappa shape index (κ1) is 40.7. The van der Waals surface area contributed by atoms with Gasteiger partial charge in [-0.25, -0.2) is 4.98 Å². The van der Waals surface area contributed by atoms with Crippen LogP contribution in [0.3, 0.4) is 0 Å². The molecule has 0 saturated carbocycles. The van der Waals surface area contributed by atoms with E-state index >= 15 is 0 Å². The van der Waals surface area contributed by atoms with Gasteiger partial charge in [-0.1, -0.05) is 66.7 Å². The summed E-state index contributed by atoms with van der Waals surface area (Å²) in [6.07, 6.45) is 3.44. The zero-order chi connectivity index (χ0) is 38.9. The van der Waals surface area contributed by atoms with E-state index < -0.39 is 23.9 Å². The first-order chi connectivity index (χ1) is 26.0. The van der Waals surface area contributed by atoms with Crippen LogP contribution in [0.2, 0.25) is 0 Å². The normalized spacial score (nSPS) is 12.0. The number of benzene rings is 3.